The number of aryl methyl sites for hydroxylation is 2. The Morgan fingerprint density at radius 3 is 2.33 bits per heavy atom. The monoisotopic (exact) mass is 574 g/mol. The molecule has 206 valence electrons. The zero-order valence-electron chi connectivity index (χ0n) is 23.6. The maximum Gasteiger partial charge on any atom is 0.319 e. The molecule has 0 fully saturated rings. The lowest BCUT2D eigenvalue weighted by atomic mass is 9.91. The first-order chi connectivity index (χ1) is 18.9. The van der Waals surface area contributed by atoms with Gasteiger partial charge in [-0.3, -0.25) is 4.79 Å². The van der Waals surface area contributed by atoms with Gasteiger partial charge in [-0.1, -0.05) is 37.6 Å². The minimum absolute atomic E-state index is 0.304. The van der Waals surface area contributed by atoms with Crippen LogP contribution in [0.25, 0.3) is 42.9 Å². The SMILES string of the molecule is Cc1cc2nc(-c3ccc4c(c3)nc(C(C)C)n4C)sc2c(-c2ccc(Cl)cc2)c1[C@H](OC(C)(C)C)C(=O)N=O. The summed E-state index contributed by atoms with van der Waals surface area (Å²) in [6.45, 7) is 11.7. The number of ether oxygens (including phenoxy) is 1. The normalized spacial score (nSPS) is 12.9. The summed E-state index contributed by atoms with van der Waals surface area (Å²) in [5.41, 5.74) is 6.03. The van der Waals surface area contributed by atoms with E-state index in [0.29, 0.717) is 16.5 Å². The molecule has 0 radical (unpaired) electrons. The first-order valence-corrected chi connectivity index (χ1v) is 14.3. The van der Waals surface area contributed by atoms with E-state index in [-0.39, 0.29) is 0 Å². The van der Waals surface area contributed by atoms with E-state index in [0.717, 1.165) is 54.3 Å². The molecule has 2 heterocycles. The number of hydrogen-bond acceptors (Lipinski definition) is 6. The summed E-state index contributed by atoms with van der Waals surface area (Å²) < 4.78 is 9.18. The first-order valence-electron chi connectivity index (χ1n) is 13.1. The van der Waals surface area contributed by atoms with E-state index < -0.39 is 17.6 Å². The van der Waals surface area contributed by atoms with Gasteiger partial charge in [0.2, 0.25) is 0 Å². The van der Waals surface area contributed by atoms with Gasteiger partial charge in [-0.25, -0.2) is 9.97 Å². The van der Waals surface area contributed by atoms with Crippen LogP contribution >= 0.6 is 22.9 Å². The van der Waals surface area contributed by atoms with Crippen LogP contribution in [0.15, 0.2) is 53.7 Å². The highest BCUT2D eigenvalue weighted by Crippen LogP contribution is 2.45. The van der Waals surface area contributed by atoms with Gasteiger partial charge in [0.25, 0.3) is 0 Å². The summed E-state index contributed by atoms with van der Waals surface area (Å²) in [7, 11) is 2.04. The number of aromatic nitrogens is 3. The lowest BCUT2D eigenvalue weighted by Crippen LogP contribution is -2.27. The predicted molar refractivity (Wildman–Crippen MR) is 163 cm³/mol. The number of carbonyl (C=O) groups is 1. The molecule has 9 heteroatoms. The average Bonchev–Trinajstić information content (AvgIpc) is 3.47. The molecule has 0 bridgehead atoms. The van der Waals surface area contributed by atoms with Gasteiger partial charge in [0.1, 0.15) is 10.8 Å². The van der Waals surface area contributed by atoms with Crippen LogP contribution in [0.4, 0.5) is 0 Å². The molecular formula is C31H31ClN4O3S. The zero-order chi connectivity index (χ0) is 28.9. The Hall–Kier alpha value is -3.46. The number of benzene rings is 3. The Balaban J connectivity index is 1.77. The Morgan fingerprint density at radius 2 is 1.70 bits per heavy atom. The molecule has 40 heavy (non-hydrogen) atoms. The van der Waals surface area contributed by atoms with E-state index in [4.69, 9.17) is 26.3 Å². The van der Waals surface area contributed by atoms with E-state index in [1.54, 1.807) is 12.1 Å². The van der Waals surface area contributed by atoms with Crippen molar-refractivity contribution >= 4 is 50.1 Å². The molecule has 3 aromatic carbocycles. The van der Waals surface area contributed by atoms with Crippen molar-refractivity contribution < 1.29 is 9.53 Å². The van der Waals surface area contributed by atoms with Gasteiger partial charge in [-0.15, -0.1) is 16.2 Å². The van der Waals surface area contributed by atoms with E-state index >= 15 is 0 Å². The first kappa shape index (κ1) is 28.1. The second-order valence-corrected chi connectivity index (χ2v) is 12.7. The molecule has 7 nitrogen and oxygen atoms in total. The molecule has 1 amide bonds. The maximum atomic E-state index is 12.9. The number of hydrogen-bond donors (Lipinski definition) is 0. The Bertz CT molecular complexity index is 1760. The van der Waals surface area contributed by atoms with Crippen LogP contribution in [0.3, 0.4) is 0 Å². The molecule has 1 atom stereocenters. The second-order valence-electron chi connectivity index (χ2n) is 11.3. The molecule has 0 N–H and O–H groups in total. The van der Waals surface area contributed by atoms with Crippen LogP contribution in [0, 0.1) is 11.8 Å². The van der Waals surface area contributed by atoms with Crippen molar-refractivity contribution in [2.45, 2.75) is 59.2 Å². The highest BCUT2D eigenvalue weighted by molar-refractivity contribution is 7.22. The molecule has 0 unspecified atom stereocenters. The molecule has 0 aliphatic rings. The second kappa shape index (κ2) is 10.5. The summed E-state index contributed by atoms with van der Waals surface area (Å²) in [5, 5.41) is 4.19. The largest absolute Gasteiger partial charge is 0.358 e. The third-order valence-corrected chi connectivity index (χ3v) is 8.18. The molecule has 2 aromatic heterocycles. The van der Waals surface area contributed by atoms with Gasteiger partial charge in [0.05, 0.1) is 26.9 Å². The van der Waals surface area contributed by atoms with E-state index in [1.807, 2.05) is 52.9 Å². The Morgan fingerprint density at radius 1 is 1.02 bits per heavy atom. The van der Waals surface area contributed by atoms with Gasteiger partial charge in [0.15, 0.2) is 6.10 Å². The van der Waals surface area contributed by atoms with E-state index in [9.17, 15) is 9.70 Å². The number of nitrogens with zero attached hydrogens (tertiary/aromatic N) is 4. The van der Waals surface area contributed by atoms with Gasteiger partial charge in [-0.2, -0.15) is 0 Å². The zero-order valence-corrected chi connectivity index (χ0v) is 25.1. The molecular weight excluding hydrogens is 544 g/mol. The lowest BCUT2D eigenvalue weighted by molar-refractivity contribution is -0.139. The number of fused-ring (bicyclic) bond motifs is 2. The number of imidazole rings is 1. The molecule has 5 rings (SSSR count). The van der Waals surface area contributed by atoms with Gasteiger partial charge >= 0.3 is 5.91 Å². The quantitative estimate of drug-likeness (QED) is 0.189. The lowest BCUT2D eigenvalue weighted by Gasteiger charge is -2.28. The van der Waals surface area contributed by atoms with Crippen LogP contribution in [0.1, 0.15) is 63.6 Å². The van der Waals surface area contributed by atoms with E-state index in [1.165, 1.54) is 11.3 Å². The average molecular weight is 575 g/mol. The van der Waals surface area contributed by atoms with Crippen molar-refractivity contribution in [2.75, 3.05) is 0 Å². The highest BCUT2D eigenvalue weighted by Gasteiger charge is 2.33. The summed E-state index contributed by atoms with van der Waals surface area (Å²) >= 11 is 7.75. The molecule has 0 aliphatic carbocycles. The van der Waals surface area contributed by atoms with Crippen LogP contribution < -0.4 is 0 Å². The van der Waals surface area contributed by atoms with Gasteiger partial charge in [-0.05, 0) is 75.2 Å². The predicted octanol–water partition coefficient (Wildman–Crippen LogP) is 8.75. The fourth-order valence-corrected chi connectivity index (χ4v) is 6.32. The van der Waals surface area contributed by atoms with Gasteiger partial charge in [0, 0.05) is 39.9 Å². The smallest absolute Gasteiger partial charge is 0.319 e. The van der Waals surface area contributed by atoms with Crippen LogP contribution in [0.5, 0.6) is 0 Å². The molecule has 0 spiro atoms. The minimum Gasteiger partial charge on any atom is -0.358 e. The van der Waals surface area contributed by atoms with Crippen LogP contribution in [-0.4, -0.2) is 26.0 Å². The summed E-state index contributed by atoms with van der Waals surface area (Å²) in [4.78, 5) is 34.3. The fourth-order valence-electron chi connectivity index (χ4n) is 5.08. The van der Waals surface area contributed by atoms with Crippen molar-refractivity contribution in [3.63, 3.8) is 0 Å². The standard InChI is InChI=1S/C31H31ClN4O3S/c1-16(2)28-33-21-15-19(10-13-23(21)36(28)7)30-34-22-14-17(3)24(26(29(37)35-38)39-31(4,5)6)25(27(22)40-30)18-8-11-20(32)12-9-18/h8-16,26H,1-7H3/t26-/m0/s1. The third-order valence-electron chi connectivity index (χ3n) is 6.79. The number of carbonyl (C=O) groups excluding carboxylic acids is 1. The highest BCUT2D eigenvalue weighted by atomic mass is 35.5. The third kappa shape index (κ3) is 5.19. The van der Waals surface area contributed by atoms with Crippen LogP contribution in [0.2, 0.25) is 5.02 Å². The summed E-state index contributed by atoms with van der Waals surface area (Å²) in [6, 6.07) is 15.6. The molecule has 0 aliphatic heterocycles. The summed E-state index contributed by atoms with van der Waals surface area (Å²) in [5.74, 6) is 0.456. The number of halogens is 1. The van der Waals surface area contributed by atoms with Crippen molar-refractivity contribution in [3.05, 3.63) is 75.4 Å². The molecule has 0 saturated heterocycles. The van der Waals surface area contributed by atoms with Crippen LogP contribution in [-0.2, 0) is 16.6 Å². The minimum atomic E-state index is -1.17. The van der Waals surface area contributed by atoms with Crippen molar-refractivity contribution in [3.8, 4) is 21.7 Å². The number of rotatable bonds is 6. The Labute approximate surface area is 242 Å². The summed E-state index contributed by atoms with van der Waals surface area (Å²) in [6.07, 6.45) is -1.17. The molecule has 5 aromatic rings. The fraction of sp³-hybridized carbons (Fsp3) is 0.323. The molecule has 0 saturated carbocycles. The van der Waals surface area contributed by atoms with Crippen molar-refractivity contribution in [1.82, 2.24) is 14.5 Å². The van der Waals surface area contributed by atoms with Crippen molar-refractivity contribution in [2.24, 2.45) is 12.2 Å². The number of nitroso groups, excluding NO2 is 1. The maximum absolute atomic E-state index is 12.9. The number of amides is 1. The van der Waals surface area contributed by atoms with E-state index in [2.05, 4.69) is 41.8 Å². The topological polar surface area (TPSA) is 86.4 Å². The van der Waals surface area contributed by atoms with Gasteiger partial charge < -0.3 is 9.30 Å². The Kier molecular flexibility index (Phi) is 7.37. The number of thiazole rings is 1. The van der Waals surface area contributed by atoms with Crippen molar-refractivity contribution in [1.29, 1.82) is 0 Å².